The number of hydrogen-bond donors (Lipinski definition) is 1. The molecule has 3 rings (SSSR count). The van der Waals surface area contributed by atoms with Gasteiger partial charge >= 0.3 is 0 Å². The Balaban J connectivity index is 1.52. The predicted octanol–water partition coefficient (Wildman–Crippen LogP) is 4.43. The minimum atomic E-state index is 0.432. The molecule has 2 saturated carbocycles. The normalized spacial score (nSPS) is 31.8. The Hall–Kier alpha value is -0.530. The third-order valence-corrected chi connectivity index (χ3v) is 5.19. The molecule has 2 heteroatoms. The molecule has 0 aliphatic heterocycles. The van der Waals surface area contributed by atoms with Gasteiger partial charge in [0.2, 0.25) is 0 Å². The van der Waals surface area contributed by atoms with Crippen LogP contribution in [0.4, 0.5) is 0 Å². The Bertz CT molecular complexity index is 400. The van der Waals surface area contributed by atoms with E-state index in [0.29, 0.717) is 6.04 Å². The zero-order chi connectivity index (χ0) is 12.5. The molecule has 3 unspecified atom stereocenters. The van der Waals surface area contributed by atoms with Gasteiger partial charge in [-0.2, -0.15) is 0 Å². The number of benzene rings is 1. The minimum absolute atomic E-state index is 0.432. The van der Waals surface area contributed by atoms with E-state index in [1.807, 2.05) is 12.1 Å². The Morgan fingerprint density at radius 3 is 2.61 bits per heavy atom. The second kappa shape index (κ2) is 5.22. The Morgan fingerprint density at radius 1 is 1.22 bits per heavy atom. The first-order chi connectivity index (χ1) is 8.72. The van der Waals surface area contributed by atoms with Crippen LogP contribution in [0.1, 0.15) is 44.2 Å². The van der Waals surface area contributed by atoms with Crippen molar-refractivity contribution in [3.05, 3.63) is 34.9 Å². The van der Waals surface area contributed by atoms with E-state index in [9.17, 15) is 0 Å². The molecule has 2 aliphatic rings. The molecule has 0 radical (unpaired) electrons. The lowest BCUT2D eigenvalue weighted by Crippen LogP contribution is -2.28. The third kappa shape index (κ3) is 2.57. The molecule has 2 fully saturated rings. The van der Waals surface area contributed by atoms with Crippen LogP contribution in [-0.4, -0.2) is 6.54 Å². The summed E-state index contributed by atoms with van der Waals surface area (Å²) in [5.41, 5.74) is 1.34. The van der Waals surface area contributed by atoms with E-state index < -0.39 is 0 Å². The molecule has 0 amide bonds. The van der Waals surface area contributed by atoms with E-state index in [0.717, 1.165) is 22.8 Å². The smallest absolute Gasteiger partial charge is 0.0406 e. The summed E-state index contributed by atoms with van der Waals surface area (Å²) in [7, 11) is 0. The van der Waals surface area contributed by atoms with Gasteiger partial charge in [-0.15, -0.1) is 0 Å². The number of hydrogen-bond acceptors (Lipinski definition) is 1. The van der Waals surface area contributed by atoms with E-state index in [1.54, 1.807) is 0 Å². The van der Waals surface area contributed by atoms with Crippen LogP contribution >= 0.6 is 11.6 Å². The SMILES string of the molecule is C[C@H](NCC1CC2CCC1C2)c1ccc(Cl)cc1. The van der Waals surface area contributed by atoms with Crippen molar-refractivity contribution in [1.82, 2.24) is 5.32 Å². The minimum Gasteiger partial charge on any atom is -0.310 e. The van der Waals surface area contributed by atoms with Crippen molar-refractivity contribution in [3.63, 3.8) is 0 Å². The quantitative estimate of drug-likeness (QED) is 0.848. The van der Waals surface area contributed by atoms with Crippen LogP contribution in [0.5, 0.6) is 0 Å². The monoisotopic (exact) mass is 263 g/mol. The highest BCUT2D eigenvalue weighted by Crippen LogP contribution is 2.48. The summed E-state index contributed by atoms with van der Waals surface area (Å²) >= 11 is 5.92. The summed E-state index contributed by atoms with van der Waals surface area (Å²) in [6.07, 6.45) is 5.94. The second-order valence-corrected chi connectivity index (χ2v) is 6.55. The summed E-state index contributed by atoms with van der Waals surface area (Å²) in [5.74, 6) is 2.99. The van der Waals surface area contributed by atoms with Gasteiger partial charge in [0.15, 0.2) is 0 Å². The maximum atomic E-state index is 5.92. The van der Waals surface area contributed by atoms with Gasteiger partial charge in [-0.1, -0.05) is 30.2 Å². The van der Waals surface area contributed by atoms with Crippen molar-refractivity contribution in [2.24, 2.45) is 17.8 Å². The molecule has 0 spiro atoms. The van der Waals surface area contributed by atoms with E-state index in [2.05, 4.69) is 24.4 Å². The molecule has 1 N–H and O–H groups in total. The standard InChI is InChI=1S/C16H22ClN/c1-11(13-4-6-16(17)7-5-13)18-10-15-9-12-2-3-14(15)8-12/h4-7,11-12,14-15,18H,2-3,8-10H2,1H3/t11-,12?,14?,15?/m0/s1. The molecule has 1 nitrogen and oxygen atoms in total. The zero-order valence-electron chi connectivity index (χ0n) is 11.0. The highest BCUT2D eigenvalue weighted by atomic mass is 35.5. The van der Waals surface area contributed by atoms with Crippen molar-refractivity contribution in [2.75, 3.05) is 6.54 Å². The second-order valence-electron chi connectivity index (χ2n) is 6.12. The third-order valence-electron chi connectivity index (χ3n) is 4.94. The fourth-order valence-corrected chi connectivity index (χ4v) is 3.95. The maximum absolute atomic E-state index is 5.92. The van der Waals surface area contributed by atoms with Crippen molar-refractivity contribution in [1.29, 1.82) is 0 Å². The lowest BCUT2D eigenvalue weighted by atomic mass is 9.88. The lowest BCUT2D eigenvalue weighted by molar-refractivity contribution is 0.309. The lowest BCUT2D eigenvalue weighted by Gasteiger charge is -2.24. The fraction of sp³-hybridized carbons (Fsp3) is 0.625. The molecule has 1 aromatic carbocycles. The van der Waals surface area contributed by atoms with Crippen molar-refractivity contribution in [2.45, 2.75) is 38.6 Å². The van der Waals surface area contributed by atoms with Crippen molar-refractivity contribution < 1.29 is 0 Å². The van der Waals surface area contributed by atoms with E-state index >= 15 is 0 Å². The summed E-state index contributed by atoms with van der Waals surface area (Å²) in [5, 5.41) is 4.52. The zero-order valence-corrected chi connectivity index (χ0v) is 11.8. The van der Waals surface area contributed by atoms with Gasteiger partial charge in [-0.25, -0.2) is 0 Å². The summed E-state index contributed by atoms with van der Waals surface area (Å²) in [4.78, 5) is 0. The average Bonchev–Trinajstić information content (AvgIpc) is 2.99. The first kappa shape index (κ1) is 12.5. The van der Waals surface area contributed by atoms with Gasteiger partial charge in [0, 0.05) is 11.1 Å². The highest BCUT2D eigenvalue weighted by Gasteiger charge is 2.39. The molecule has 0 aromatic heterocycles. The fourth-order valence-electron chi connectivity index (χ4n) is 3.82. The van der Waals surface area contributed by atoms with Gasteiger partial charge < -0.3 is 5.32 Å². The van der Waals surface area contributed by atoms with E-state index in [-0.39, 0.29) is 0 Å². The molecule has 98 valence electrons. The number of halogens is 1. The van der Waals surface area contributed by atoms with E-state index in [1.165, 1.54) is 37.8 Å². The molecule has 0 heterocycles. The molecule has 1 aromatic rings. The molecular weight excluding hydrogens is 242 g/mol. The maximum Gasteiger partial charge on any atom is 0.0406 e. The van der Waals surface area contributed by atoms with E-state index in [4.69, 9.17) is 11.6 Å². The van der Waals surface area contributed by atoms with Gasteiger partial charge in [-0.05, 0) is 68.2 Å². The van der Waals surface area contributed by atoms with Crippen LogP contribution in [0.3, 0.4) is 0 Å². The van der Waals surface area contributed by atoms with Crippen LogP contribution in [0.2, 0.25) is 5.02 Å². The number of rotatable bonds is 4. The van der Waals surface area contributed by atoms with Gasteiger partial charge in [-0.3, -0.25) is 0 Å². The van der Waals surface area contributed by atoms with Crippen LogP contribution < -0.4 is 5.32 Å². The van der Waals surface area contributed by atoms with Gasteiger partial charge in [0.25, 0.3) is 0 Å². The van der Waals surface area contributed by atoms with Crippen LogP contribution in [-0.2, 0) is 0 Å². The van der Waals surface area contributed by atoms with Gasteiger partial charge in [0.05, 0.1) is 0 Å². The largest absolute Gasteiger partial charge is 0.310 e. The summed E-state index contributed by atoms with van der Waals surface area (Å²) in [6, 6.07) is 8.64. The Labute approximate surface area is 115 Å². The first-order valence-electron chi connectivity index (χ1n) is 7.21. The molecular formula is C16H22ClN. The average molecular weight is 264 g/mol. The first-order valence-corrected chi connectivity index (χ1v) is 7.59. The summed E-state index contributed by atoms with van der Waals surface area (Å²) < 4.78 is 0. The number of nitrogens with one attached hydrogen (secondary N) is 1. The van der Waals surface area contributed by atoms with Crippen molar-refractivity contribution in [3.8, 4) is 0 Å². The van der Waals surface area contributed by atoms with Crippen LogP contribution in [0, 0.1) is 17.8 Å². The molecule has 4 atom stereocenters. The van der Waals surface area contributed by atoms with Crippen LogP contribution in [0.25, 0.3) is 0 Å². The molecule has 2 bridgehead atoms. The predicted molar refractivity (Wildman–Crippen MR) is 76.8 cm³/mol. The highest BCUT2D eigenvalue weighted by molar-refractivity contribution is 6.30. The van der Waals surface area contributed by atoms with Crippen LogP contribution in [0.15, 0.2) is 24.3 Å². The number of fused-ring (bicyclic) bond motifs is 2. The topological polar surface area (TPSA) is 12.0 Å². The molecule has 0 saturated heterocycles. The Kier molecular flexibility index (Phi) is 3.63. The Morgan fingerprint density at radius 2 is 2.00 bits per heavy atom. The molecule has 2 aliphatic carbocycles. The van der Waals surface area contributed by atoms with Gasteiger partial charge in [0.1, 0.15) is 0 Å². The molecule has 18 heavy (non-hydrogen) atoms. The van der Waals surface area contributed by atoms with Crippen molar-refractivity contribution >= 4 is 11.6 Å². The summed E-state index contributed by atoms with van der Waals surface area (Å²) in [6.45, 7) is 3.43.